The Morgan fingerprint density at radius 2 is 1.76 bits per heavy atom. The minimum absolute atomic E-state index is 0.182. The number of para-hydroxylation sites is 2. The van der Waals surface area contributed by atoms with Crippen molar-refractivity contribution in [3.63, 3.8) is 0 Å². The molecule has 0 bridgehead atoms. The van der Waals surface area contributed by atoms with Gasteiger partial charge >= 0.3 is 6.18 Å². The second-order valence-corrected chi connectivity index (χ2v) is 7.92. The summed E-state index contributed by atoms with van der Waals surface area (Å²) in [5.41, 5.74) is 0.448. The van der Waals surface area contributed by atoms with Gasteiger partial charge in [0.2, 0.25) is 15.9 Å². The van der Waals surface area contributed by atoms with Gasteiger partial charge < -0.3 is 10.6 Å². The number of sulfonamides is 1. The highest BCUT2D eigenvalue weighted by Crippen LogP contribution is 2.26. The number of halogens is 3. The lowest BCUT2D eigenvalue weighted by Gasteiger charge is -2.29. The van der Waals surface area contributed by atoms with Crippen LogP contribution < -0.4 is 10.6 Å². The minimum atomic E-state index is -4.37. The van der Waals surface area contributed by atoms with Gasteiger partial charge in [0, 0.05) is 19.0 Å². The highest BCUT2D eigenvalue weighted by atomic mass is 32.2. The normalized spacial score (nSPS) is 17.3. The average molecular weight is 379 g/mol. The van der Waals surface area contributed by atoms with Gasteiger partial charge in [0.1, 0.15) is 6.54 Å². The number of amides is 1. The number of alkyl halides is 3. The average Bonchev–Trinajstić information content (AvgIpc) is 2.52. The summed E-state index contributed by atoms with van der Waals surface area (Å²) in [5, 5.41) is 4.89. The van der Waals surface area contributed by atoms with E-state index in [0.717, 1.165) is 6.26 Å². The number of piperidine rings is 1. The van der Waals surface area contributed by atoms with Crippen molar-refractivity contribution in [2.24, 2.45) is 5.92 Å². The van der Waals surface area contributed by atoms with Gasteiger partial charge in [-0.3, -0.25) is 4.79 Å². The summed E-state index contributed by atoms with van der Waals surface area (Å²) >= 11 is 0. The van der Waals surface area contributed by atoms with Crippen LogP contribution in [-0.2, 0) is 14.8 Å². The predicted molar refractivity (Wildman–Crippen MR) is 88.8 cm³/mol. The number of carbonyl (C=O) groups is 1. The molecule has 0 aromatic heterocycles. The first-order valence-corrected chi connectivity index (χ1v) is 9.57. The monoisotopic (exact) mass is 379 g/mol. The Bertz CT molecular complexity index is 714. The Morgan fingerprint density at radius 1 is 1.20 bits per heavy atom. The third-order valence-corrected chi connectivity index (χ3v) is 5.26. The fourth-order valence-electron chi connectivity index (χ4n) is 2.63. The molecule has 1 heterocycles. The molecule has 0 spiro atoms. The number of anilines is 2. The van der Waals surface area contributed by atoms with Gasteiger partial charge in [0.25, 0.3) is 0 Å². The molecular weight excluding hydrogens is 359 g/mol. The van der Waals surface area contributed by atoms with Gasteiger partial charge in [-0.15, -0.1) is 0 Å². The van der Waals surface area contributed by atoms with Crippen molar-refractivity contribution in [1.29, 1.82) is 0 Å². The van der Waals surface area contributed by atoms with Gasteiger partial charge in [-0.25, -0.2) is 12.7 Å². The summed E-state index contributed by atoms with van der Waals surface area (Å²) in [6.07, 6.45) is -2.50. The summed E-state index contributed by atoms with van der Waals surface area (Å²) in [6, 6.07) is 6.15. The molecule has 2 rings (SSSR count). The first kappa shape index (κ1) is 19.5. The largest absolute Gasteiger partial charge is 0.405 e. The summed E-state index contributed by atoms with van der Waals surface area (Å²) in [5.74, 6) is -0.705. The van der Waals surface area contributed by atoms with Crippen molar-refractivity contribution >= 4 is 27.3 Å². The van der Waals surface area contributed by atoms with Crippen LogP contribution in [0.3, 0.4) is 0 Å². The van der Waals surface area contributed by atoms with Crippen molar-refractivity contribution in [3.05, 3.63) is 24.3 Å². The van der Waals surface area contributed by atoms with E-state index < -0.39 is 22.7 Å². The molecule has 1 amide bonds. The Balaban J connectivity index is 1.97. The molecule has 0 aliphatic carbocycles. The Morgan fingerprint density at radius 3 is 2.28 bits per heavy atom. The molecule has 2 N–H and O–H groups in total. The zero-order chi connectivity index (χ0) is 18.7. The molecule has 0 unspecified atom stereocenters. The minimum Gasteiger partial charge on any atom is -0.375 e. The van der Waals surface area contributed by atoms with Crippen LogP contribution in [-0.4, -0.2) is 50.7 Å². The van der Waals surface area contributed by atoms with E-state index in [1.807, 2.05) is 0 Å². The molecule has 10 heteroatoms. The molecule has 0 atom stereocenters. The summed E-state index contributed by atoms with van der Waals surface area (Å²) < 4.78 is 61.3. The maximum absolute atomic E-state index is 12.4. The van der Waals surface area contributed by atoms with Crippen molar-refractivity contribution in [1.82, 2.24) is 4.31 Å². The number of nitrogens with one attached hydrogen (secondary N) is 2. The van der Waals surface area contributed by atoms with Gasteiger partial charge in [0.15, 0.2) is 0 Å². The second kappa shape index (κ2) is 7.61. The van der Waals surface area contributed by atoms with Crippen LogP contribution >= 0.6 is 0 Å². The Hall–Kier alpha value is -1.81. The Kier molecular flexibility index (Phi) is 5.94. The van der Waals surface area contributed by atoms with Crippen LogP contribution in [0.1, 0.15) is 12.8 Å². The van der Waals surface area contributed by atoms with Crippen molar-refractivity contribution < 1.29 is 26.4 Å². The number of rotatable bonds is 5. The molecule has 1 aliphatic heterocycles. The number of hydrogen-bond acceptors (Lipinski definition) is 4. The van der Waals surface area contributed by atoms with Crippen LogP contribution in [0.15, 0.2) is 24.3 Å². The molecular formula is C15H20F3N3O3S. The van der Waals surface area contributed by atoms with Crippen LogP contribution in [0, 0.1) is 5.92 Å². The lowest BCUT2D eigenvalue weighted by atomic mass is 9.97. The first-order valence-electron chi connectivity index (χ1n) is 7.72. The molecule has 1 aromatic rings. The van der Waals surface area contributed by atoms with Crippen molar-refractivity contribution in [3.8, 4) is 0 Å². The van der Waals surface area contributed by atoms with Gasteiger partial charge in [-0.2, -0.15) is 13.2 Å². The van der Waals surface area contributed by atoms with Crippen LogP contribution in [0.25, 0.3) is 0 Å². The van der Waals surface area contributed by atoms with Crippen LogP contribution in [0.2, 0.25) is 0 Å². The third-order valence-electron chi connectivity index (χ3n) is 3.96. The number of carbonyl (C=O) groups excluding carboxylic acids is 1. The SMILES string of the molecule is CS(=O)(=O)N1CCC(C(=O)Nc2ccccc2NCC(F)(F)F)CC1. The van der Waals surface area contributed by atoms with E-state index in [0.29, 0.717) is 12.8 Å². The molecule has 1 saturated heterocycles. The van der Waals surface area contributed by atoms with E-state index in [-0.39, 0.29) is 36.3 Å². The van der Waals surface area contributed by atoms with Crippen molar-refractivity contribution in [2.45, 2.75) is 19.0 Å². The fraction of sp³-hybridized carbons (Fsp3) is 0.533. The second-order valence-electron chi connectivity index (χ2n) is 5.94. The van der Waals surface area contributed by atoms with Crippen molar-refractivity contribution in [2.75, 3.05) is 36.5 Å². The molecule has 0 radical (unpaired) electrons. The highest BCUT2D eigenvalue weighted by Gasteiger charge is 2.30. The quantitative estimate of drug-likeness (QED) is 0.823. The maximum Gasteiger partial charge on any atom is 0.405 e. The highest BCUT2D eigenvalue weighted by molar-refractivity contribution is 7.88. The lowest BCUT2D eigenvalue weighted by Crippen LogP contribution is -2.40. The number of benzene rings is 1. The predicted octanol–water partition coefficient (Wildman–Crippen LogP) is 2.27. The van der Waals surface area contributed by atoms with Gasteiger partial charge in [0.05, 0.1) is 17.6 Å². The molecule has 1 aliphatic rings. The fourth-order valence-corrected chi connectivity index (χ4v) is 3.50. The molecule has 25 heavy (non-hydrogen) atoms. The molecule has 140 valence electrons. The third kappa shape index (κ3) is 5.89. The van der Waals surface area contributed by atoms with E-state index in [1.54, 1.807) is 12.1 Å². The van der Waals surface area contributed by atoms with E-state index >= 15 is 0 Å². The van der Waals surface area contributed by atoms with E-state index in [4.69, 9.17) is 0 Å². The smallest absolute Gasteiger partial charge is 0.375 e. The standard InChI is InChI=1S/C15H20F3N3O3S/c1-25(23,24)21-8-6-11(7-9-21)14(22)20-13-5-3-2-4-12(13)19-10-15(16,17)18/h2-5,11,19H,6-10H2,1H3,(H,20,22). The van der Waals surface area contributed by atoms with E-state index in [9.17, 15) is 26.4 Å². The first-order chi connectivity index (χ1) is 11.6. The molecule has 0 saturated carbocycles. The van der Waals surface area contributed by atoms with Gasteiger partial charge in [-0.1, -0.05) is 12.1 Å². The van der Waals surface area contributed by atoms with E-state index in [1.165, 1.54) is 16.4 Å². The summed E-state index contributed by atoms with van der Waals surface area (Å²) in [6.45, 7) is -0.692. The van der Waals surface area contributed by atoms with E-state index in [2.05, 4.69) is 10.6 Å². The molecule has 1 aromatic carbocycles. The zero-order valence-corrected chi connectivity index (χ0v) is 14.5. The lowest BCUT2D eigenvalue weighted by molar-refractivity contribution is -0.121. The van der Waals surface area contributed by atoms with Gasteiger partial charge in [-0.05, 0) is 25.0 Å². The molecule has 6 nitrogen and oxygen atoms in total. The van der Waals surface area contributed by atoms with Crippen LogP contribution in [0.5, 0.6) is 0 Å². The number of nitrogens with zero attached hydrogens (tertiary/aromatic N) is 1. The molecule has 1 fully saturated rings. The topological polar surface area (TPSA) is 78.5 Å². The maximum atomic E-state index is 12.4. The van der Waals surface area contributed by atoms with Crippen LogP contribution in [0.4, 0.5) is 24.5 Å². The summed E-state index contributed by atoms with van der Waals surface area (Å²) in [4.78, 5) is 12.3. The Labute approximate surface area is 144 Å². The number of hydrogen-bond donors (Lipinski definition) is 2. The zero-order valence-electron chi connectivity index (χ0n) is 13.6. The summed E-state index contributed by atoms with van der Waals surface area (Å²) in [7, 11) is -3.28.